The van der Waals surface area contributed by atoms with Gasteiger partial charge in [-0.2, -0.15) is 5.26 Å². The molecule has 1 amide bonds. The Balaban J connectivity index is 1.91. The summed E-state index contributed by atoms with van der Waals surface area (Å²) in [6, 6.07) is 14.3. The third-order valence-electron chi connectivity index (χ3n) is 2.90. The van der Waals surface area contributed by atoms with E-state index in [0.717, 1.165) is 0 Å². The Morgan fingerprint density at radius 2 is 2.15 bits per heavy atom. The molecule has 0 fully saturated rings. The second-order valence-corrected chi connectivity index (χ2v) is 4.22. The molecule has 0 aliphatic heterocycles. The van der Waals surface area contributed by atoms with Gasteiger partial charge in [0.2, 0.25) is 0 Å². The number of benzene rings is 1. The quantitative estimate of drug-likeness (QED) is 0.771. The van der Waals surface area contributed by atoms with Crippen LogP contribution in [-0.4, -0.2) is 15.3 Å². The summed E-state index contributed by atoms with van der Waals surface area (Å²) in [4.78, 5) is 16.4. The van der Waals surface area contributed by atoms with E-state index in [1.165, 1.54) is 6.20 Å². The van der Waals surface area contributed by atoms with Crippen molar-refractivity contribution in [3.63, 3.8) is 0 Å². The number of carbonyl (C=O) groups is 1. The van der Waals surface area contributed by atoms with Gasteiger partial charge in [0.25, 0.3) is 5.91 Å². The summed E-state index contributed by atoms with van der Waals surface area (Å²) in [6.45, 7) is 0. The lowest BCUT2D eigenvalue weighted by Gasteiger charge is -2.05. The van der Waals surface area contributed by atoms with Gasteiger partial charge in [0.05, 0.1) is 17.8 Å². The molecular formula is C15H10N4O. The maximum absolute atomic E-state index is 12.2. The number of amides is 1. The summed E-state index contributed by atoms with van der Waals surface area (Å²) in [6.07, 6.45) is 3.31. The van der Waals surface area contributed by atoms with Crippen LogP contribution in [0.5, 0.6) is 0 Å². The fraction of sp³-hybridized carbons (Fsp3) is 0. The molecule has 3 aromatic rings. The molecule has 5 nitrogen and oxygen atoms in total. The van der Waals surface area contributed by atoms with Gasteiger partial charge in [-0.3, -0.25) is 9.20 Å². The van der Waals surface area contributed by atoms with Crippen LogP contribution < -0.4 is 5.32 Å². The summed E-state index contributed by atoms with van der Waals surface area (Å²) < 4.78 is 1.71. The lowest BCUT2D eigenvalue weighted by atomic mass is 10.2. The zero-order valence-electron chi connectivity index (χ0n) is 10.4. The Kier molecular flexibility index (Phi) is 2.90. The van der Waals surface area contributed by atoms with Gasteiger partial charge in [-0.15, -0.1) is 0 Å². The first-order valence-corrected chi connectivity index (χ1v) is 6.01. The van der Waals surface area contributed by atoms with Gasteiger partial charge in [-0.05, 0) is 30.3 Å². The Bertz CT molecular complexity index is 829. The van der Waals surface area contributed by atoms with Crippen molar-refractivity contribution in [3.05, 3.63) is 66.1 Å². The Morgan fingerprint density at radius 1 is 1.25 bits per heavy atom. The van der Waals surface area contributed by atoms with Crippen LogP contribution in [0.25, 0.3) is 5.65 Å². The van der Waals surface area contributed by atoms with Gasteiger partial charge in [-0.25, -0.2) is 4.98 Å². The molecule has 1 aromatic carbocycles. The van der Waals surface area contributed by atoms with E-state index in [-0.39, 0.29) is 5.91 Å². The third kappa shape index (κ3) is 2.10. The van der Waals surface area contributed by atoms with E-state index < -0.39 is 0 Å². The topological polar surface area (TPSA) is 70.2 Å². The molecule has 20 heavy (non-hydrogen) atoms. The van der Waals surface area contributed by atoms with Crippen molar-refractivity contribution in [1.29, 1.82) is 5.26 Å². The number of fused-ring (bicyclic) bond motifs is 1. The first-order chi connectivity index (χ1) is 9.78. The van der Waals surface area contributed by atoms with E-state index in [4.69, 9.17) is 5.26 Å². The second kappa shape index (κ2) is 4.86. The van der Waals surface area contributed by atoms with Gasteiger partial charge < -0.3 is 5.32 Å². The number of nitriles is 1. The number of anilines is 1. The summed E-state index contributed by atoms with van der Waals surface area (Å²) in [7, 11) is 0. The van der Waals surface area contributed by atoms with Crippen LogP contribution in [0, 0.1) is 11.3 Å². The minimum atomic E-state index is -0.265. The molecule has 3 rings (SSSR count). The van der Waals surface area contributed by atoms with Gasteiger partial charge in [-0.1, -0.05) is 12.1 Å². The number of hydrogen-bond acceptors (Lipinski definition) is 3. The highest BCUT2D eigenvalue weighted by molar-refractivity contribution is 6.03. The van der Waals surface area contributed by atoms with Crippen molar-refractivity contribution in [2.24, 2.45) is 0 Å². The molecular weight excluding hydrogens is 252 g/mol. The molecule has 96 valence electrons. The first kappa shape index (κ1) is 11.9. The van der Waals surface area contributed by atoms with E-state index in [0.29, 0.717) is 22.6 Å². The van der Waals surface area contributed by atoms with E-state index in [1.54, 1.807) is 34.9 Å². The van der Waals surface area contributed by atoms with Crippen LogP contribution in [-0.2, 0) is 0 Å². The number of hydrogen-bond donors (Lipinski definition) is 1. The fourth-order valence-electron chi connectivity index (χ4n) is 1.96. The molecule has 0 saturated heterocycles. The molecule has 0 saturated carbocycles. The van der Waals surface area contributed by atoms with E-state index >= 15 is 0 Å². The number of carbonyl (C=O) groups excluding carboxylic acids is 1. The maximum Gasteiger partial charge on any atom is 0.274 e. The van der Waals surface area contributed by atoms with E-state index in [9.17, 15) is 4.79 Å². The predicted molar refractivity (Wildman–Crippen MR) is 74.3 cm³/mol. The highest BCUT2D eigenvalue weighted by atomic mass is 16.1. The molecule has 5 heteroatoms. The fourth-order valence-corrected chi connectivity index (χ4v) is 1.96. The van der Waals surface area contributed by atoms with Crippen LogP contribution in [0.3, 0.4) is 0 Å². The van der Waals surface area contributed by atoms with Gasteiger partial charge >= 0.3 is 0 Å². The summed E-state index contributed by atoms with van der Waals surface area (Å²) in [5.74, 6) is -0.265. The smallest absolute Gasteiger partial charge is 0.274 e. The third-order valence-corrected chi connectivity index (χ3v) is 2.90. The van der Waals surface area contributed by atoms with Gasteiger partial charge in [0, 0.05) is 11.9 Å². The maximum atomic E-state index is 12.2. The molecule has 0 bridgehead atoms. The average Bonchev–Trinajstić information content (AvgIpc) is 2.91. The van der Waals surface area contributed by atoms with Crippen LogP contribution in [0.4, 0.5) is 5.69 Å². The standard InChI is InChI=1S/C15H10N4O/c16-9-11-4-3-5-12(8-11)18-15(20)13-10-17-14-6-1-2-7-19(13)14/h1-8,10H,(H,18,20). The predicted octanol–water partition coefficient (Wildman–Crippen LogP) is 2.46. The molecule has 2 aromatic heterocycles. The van der Waals surface area contributed by atoms with Crippen molar-refractivity contribution in [2.75, 3.05) is 5.32 Å². The van der Waals surface area contributed by atoms with Crippen LogP contribution in [0.2, 0.25) is 0 Å². The lowest BCUT2D eigenvalue weighted by Crippen LogP contribution is -2.14. The molecule has 2 heterocycles. The highest BCUT2D eigenvalue weighted by Crippen LogP contribution is 2.12. The summed E-state index contributed by atoms with van der Waals surface area (Å²) in [5.41, 5.74) is 2.24. The average molecular weight is 262 g/mol. The number of pyridine rings is 1. The summed E-state index contributed by atoms with van der Waals surface area (Å²) in [5, 5.41) is 11.6. The van der Waals surface area contributed by atoms with Crippen LogP contribution in [0.15, 0.2) is 54.9 Å². The SMILES string of the molecule is N#Cc1cccc(NC(=O)c2cnc3ccccn23)c1. The molecule has 1 N–H and O–H groups in total. The largest absolute Gasteiger partial charge is 0.321 e. The zero-order chi connectivity index (χ0) is 13.9. The number of rotatable bonds is 2. The van der Waals surface area contributed by atoms with E-state index in [1.807, 2.05) is 24.3 Å². The minimum Gasteiger partial charge on any atom is -0.321 e. The Hall–Kier alpha value is -3.13. The summed E-state index contributed by atoms with van der Waals surface area (Å²) >= 11 is 0. The Morgan fingerprint density at radius 3 is 3.00 bits per heavy atom. The number of nitrogens with one attached hydrogen (secondary N) is 1. The molecule has 0 unspecified atom stereocenters. The number of aromatic nitrogens is 2. The Labute approximate surface area is 115 Å². The molecule has 0 aliphatic carbocycles. The zero-order valence-corrected chi connectivity index (χ0v) is 10.4. The molecule has 0 aliphatic rings. The molecule has 0 spiro atoms. The van der Waals surface area contributed by atoms with Gasteiger partial charge in [0.15, 0.2) is 0 Å². The van der Waals surface area contributed by atoms with Crippen molar-refractivity contribution in [3.8, 4) is 6.07 Å². The molecule has 0 atom stereocenters. The van der Waals surface area contributed by atoms with Crippen LogP contribution >= 0.6 is 0 Å². The van der Waals surface area contributed by atoms with E-state index in [2.05, 4.69) is 10.3 Å². The number of imidazole rings is 1. The first-order valence-electron chi connectivity index (χ1n) is 6.01. The monoisotopic (exact) mass is 262 g/mol. The minimum absolute atomic E-state index is 0.265. The molecule has 0 radical (unpaired) electrons. The van der Waals surface area contributed by atoms with Crippen molar-refractivity contribution in [2.45, 2.75) is 0 Å². The van der Waals surface area contributed by atoms with Crippen molar-refractivity contribution >= 4 is 17.2 Å². The lowest BCUT2D eigenvalue weighted by molar-refractivity contribution is 0.102. The van der Waals surface area contributed by atoms with Crippen molar-refractivity contribution < 1.29 is 4.79 Å². The normalized spacial score (nSPS) is 10.2. The van der Waals surface area contributed by atoms with Crippen molar-refractivity contribution in [1.82, 2.24) is 9.38 Å². The second-order valence-electron chi connectivity index (χ2n) is 4.22. The highest BCUT2D eigenvalue weighted by Gasteiger charge is 2.11. The number of nitrogens with zero attached hydrogens (tertiary/aromatic N) is 3. The van der Waals surface area contributed by atoms with Gasteiger partial charge in [0.1, 0.15) is 11.3 Å². The van der Waals surface area contributed by atoms with Crippen LogP contribution in [0.1, 0.15) is 16.1 Å².